The fourth-order valence-corrected chi connectivity index (χ4v) is 2.39. The second kappa shape index (κ2) is 7.99. The number of hydrogen-bond acceptors (Lipinski definition) is 4. The second-order valence-electron chi connectivity index (χ2n) is 4.48. The predicted molar refractivity (Wildman–Crippen MR) is 88.5 cm³/mol. The molecule has 0 aliphatic carbocycles. The lowest BCUT2D eigenvalue weighted by Gasteiger charge is -2.08. The highest BCUT2D eigenvalue weighted by molar-refractivity contribution is 7.98. The minimum atomic E-state index is -0.694. The molecule has 0 fully saturated rings. The Morgan fingerprint density at radius 1 is 1.26 bits per heavy atom. The van der Waals surface area contributed by atoms with Crippen molar-refractivity contribution in [3.8, 4) is 0 Å². The van der Waals surface area contributed by atoms with Gasteiger partial charge in [-0.25, -0.2) is 9.18 Å². The average Bonchev–Trinajstić information content (AvgIpc) is 2.53. The van der Waals surface area contributed by atoms with E-state index in [1.165, 1.54) is 36.0 Å². The number of esters is 1. The standard InChI is InChI=1S/C16H13ClFNO3S/c1-23-12-5-6-14(17)13(8-12)16(21)22-9-15(20)19-11-4-2-3-10(18)7-11/h2-8H,9H2,1H3,(H,19,20). The van der Waals surface area contributed by atoms with Crippen LogP contribution in [0.5, 0.6) is 0 Å². The van der Waals surface area contributed by atoms with E-state index < -0.39 is 24.3 Å². The van der Waals surface area contributed by atoms with Gasteiger partial charge in [0.1, 0.15) is 5.82 Å². The largest absolute Gasteiger partial charge is 0.452 e. The lowest BCUT2D eigenvalue weighted by atomic mass is 10.2. The van der Waals surface area contributed by atoms with Crippen LogP contribution < -0.4 is 5.32 Å². The molecule has 2 aromatic carbocycles. The van der Waals surface area contributed by atoms with Crippen molar-refractivity contribution in [1.82, 2.24) is 0 Å². The third-order valence-corrected chi connectivity index (χ3v) is 3.89. The quantitative estimate of drug-likeness (QED) is 0.652. The van der Waals surface area contributed by atoms with Crippen molar-refractivity contribution in [3.05, 3.63) is 58.9 Å². The number of hydrogen-bond donors (Lipinski definition) is 1. The van der Waals surface area contributed by atoms with Crippen LogP contribution in [-0.2, 0) is 9.53 Å². The molecular formula is C16H13ClFNO3S. The van der Waals surface area contributed by atoms with E-state index in [1.54, 1.807) is 18.2 Å². The zero-order valence-corrected chi connectivity index (χ0v) is 13.7. The molecule has 0 saturated heterocycles. The van der Waals surface area contributed by atoms with Gasteiger partial charge < -0.3 is 10.1 Å². The Kier molecular flexibility index (Phi) is 6.01. The van der Waals surface area contributed by atoms with Crippen molar-refractivity contribution in [3.63, 3.8) is 0 Å². The second-order valence-corrected chi connectivity index (χ2v) is 5.77. The molecule has 7 heteroatoms. The van der Waals surface area contributed by atoms with Crippen LogP contribution in [0.15, 0.2) is 47.4 Å². The summed E-state index contributed by atoms with van der Waals surface area (Å²) in [7, 11) is 0. The number of anilines is 1. The van der Waals surface area contributed by atoms with Crippen molar-refractivity contribution in [2.24, 2.45) is 0 Å². The van der Waals surface area contributed by atoms with Crippen LogP contribution in [0.2, 0.25) is 5.02 Å². The molecule has 0 aliphatic rings. The number of thioether (sulfide) groups is 1. The molecule has 23 heavy (non-hydrogen) atoms. The lowest BCUT2D eigenvalue weighted by Crippen LogP contribution is -2.21. The van der Waals surface area contributed by atoms with Crippen molar-refractivity contribution in [2.75, 3.05) is 18.2 Å². The third-order valence-electron chi connectivity index (χ3n) is 2.84. The molecule has 0 atom stereocenters. The summed E-state index contributed by atoms with van der Waals surface area (Å²) in [5.74, 6) is -1.73. The fourth-order valence-electron chi connectivity index (χ4n) is 1.76. The summed E-state index contributed by atoms with van der Waals surface area (Å²) in [6, 6.07) is 10.4. The summed E-state index contributed by atoms with van der Waals surface area (Å²) in [6.07, 6.45) is 1.87. The molecule has 2 rings (SSSR count). The van der Waals surface area contributed by atoms with Gasteiger partial charge in [-0.15, -0.1) is 11.8 Å². The van der Waals surface area contributed by atoms with E-state index in [1.807, 2.05) is 6.26 Å². The number of carbonyl (C=O) groups is 2. The maximum Gasteiger partial charge on any atom is 0.340 e. The van der Waals surface area contributed by atoms with Gasteiger partial charge in [0.15, 0.2) is 6.61 Å². The first kappa shape index (κ1) is 17.3. The van der Waals surface area contributed by atoms with E-state index in [9.17, 15) is 14.0 Å². The SMILES string of the molecule is CSc1ccc(Cl)c(C(=O)OCC(=O)Nc2cccc(F)c2)c1. The van der Waals surface area contributed by atoms with Crippen molar-refractivity contribution >= 4 is 40.9 Å². The van der Waals surface area contributed by atoms with Crippen molar-refractivity contribution in [2.45, 2.75) is 4.90 Å². The van der Waals surface area contributed by atoms with Crippen LogP contribution in [0.4, 0.5) is 10.1 Å². The molecule has 1 amide bonds. The monoisotopic (exact) mass is 353 g/mol. The number of carbonyl (C=O) groups excluding carboxylic acids is 2. The topological polar surface area (TPSA) is 55.4 Å². The Hall–Kier alpha value is -2.05. The summed E-state index contributed by atoms with van der Waals surface area (Å²) in [6.45, 7) is -0.491. The first-order valence-electron chi connectivity index (χ1n) is 6.55. The first-order chi connectivity index (χ1) is 11.0. The maximum absolute atomic E-state index is 13.0. The minimum absolute atomic E-state index is 0.192. The van der Waals surface area contributed by atoms with E-state index in [0.717, 1.165) is 4.90 Å². The summed E-state index contributed by atoms with van der Waals surface area (Å²) in [5, 5.41) is 2.68. The molecule has 0 bridgehead atoms. The lowest BCUT2D eigenvalue weighted by molar-refractivity contribution is -0.119. The highest BCUT2D eigenvalue weighted by atomic mass is 35.5. The summed E-state index contributed by atoms with van der Waals surface area (Å²) >= 11 is 7.41. The first-order valence-corrected chi connectivity index (χ1v) is 8.16. The van der Waals surface area contributed by atoms with Gasteiger partial charge in [-0.05, 0) is 42.7 Å². The zero-order valence-electron chi connectivity index (χ0n) is 12.1. The summed E-state index contributed by atoms with van der Waals surface area (Å²) in [4.78, 5) is 24.6. The van der Waals surface area contributed by atoms with Gasteiger partial charge in [0.25, 0.3) is 5.91 Å². The molecule has 0 spiro atoms. The Morgan fingerprint density at radius 3 is 2.74 bits per heavy atom. The van der Waals surface area contributed by atoms with E-state index in [2.05, 4.69) is 5.32 Å². The van der Waals surface area contributed by atoms with Gasteiger partial charge in [-0.2, -0.15) is 0 Å². The Bertz CT molecular complexity index is 739. The zero-order chi connectivity index (χ0) is 16.8. The van der Waals surface area contributed by atoms with E-state index in [-0.39, 0.29) is 16.3 Å². The minimum Gasteiger partial charge on any atom is -0.452 e. The number of halogens is 2. The Balaban J connectivity index is 1.95. The molecule has 0 unspecified atom stereocenters. The van der Waals surface area contributed by atoms with Gasteiger partial charge in [0.05, 0.1) is 10.6 Å². The Labute approximate surface area is 142 Å². The van der Waals surface area contributed by atoms with Crippen LogP contribution in [0.3, 0.4) is 0 Å². The highest BCUT2D eigenvalue weighted by Crippen LogP contribution is 2.23. The number of amides is 1. The van der Waals surface area contributed by atoms with Crippen LogP contribution in [-0.4, -0.2) is 24.7 Å². The van der Waals surface area contributed by atoms with Crippen LogP contribution in [0.1, 0.15) is 10.4 Å². The van der Waals surface area contributed by atoms with Crippen LogP contribution >= 0.6 is 23.4 Å². The van der Waals surface area contributed by atoms with Gasteiger partial charge in [0, 0.05) is 10.6 Å². The number of nitrogens with one attached hydrogen (secondary N) is 1. The van der Waals surface area contributed by atoms with Gasteiger partial charge in [0.2, 0.25) is 0 Å². The number of benzene rings is 2. The molecule has 120 valence electrons. The van der Waals surface area contributed by atoms with Crippen molar-refractivity contribution in [1.29, 1.82) is 0 Å². The van der Waals surface area contributed by atoms with Crippen LogP contribution in [0, 0.1) is 5.82 Å². The van der Waals surface area contributed by atoms with Gasteiger partial charge >= 0.3 is 5.97 Å². The van der Waals surface area contributed by atoms with Crippen LogP contribution in [0.25, 0.3) is 0 Å². The van der Waals surface area contributed by atoms with Gasteiger partial charge in [-0.1, -0.05) is 17.7 Å². The summed E-state index contributed by atoms with van der Waals surface area (Å²) < 4.78 is 17.9. The molecule has 0 saturated carbocycles. The number of ether oxygens (including phenoxy) is 1. The molecule has 0 radical (unpaired) electrons. The van der Waals surface area contributed by atoms with E-state index in [4.69, 9.17) is 16.3 Å². The molecule has 1 N–H and O–H groups in total. The Morgan fingerprint density at radius 2 is 2.04 bits per heavy atom. The molecular weight excluding hydrogens is 341 g/mol. The molecule has 0 aliphatic heterocycles. The normalized spacial score (nSPS) is 10.2. The predicted octanol–water partition coefficient (Wildman–Crippen LogP) is 4.00. The molecule has 2 aromatic rings. The highest BCUT2D eigenvalue weighted by Gasteiger charge is 2.14. The smallest absolute Gasteiger partial charge is 0.340 e. The number of rotatable bonds is 5. The maximum atomic E-state index is 13.0. The van der Waals surface area contributed by atoms with E-state index in [0.29, 0.717) is 0 Å². The third kappa shape index (κ3) is 4.97. The van der Waals surface area contributed by atoms with Gasteiger partial charge in [-0.3, -0.25) is 4.79 Å². The summed E-state index contributed by atoms with van der Waals surface area (Å²) in [5.41, 5.74) is 0.477. The molecule has 4 nitrogen and oxygen atoms in total. The molecule has 0 heterocycles. The van der Waals surface area contributed by atoms with E-state index >= 15 is 0 Å². The fraction of sp³-hybridized carbons (Fsp3) is 0.125. The average molecular weight is 354 g/mol. The molecule has 0 aromatic heterocycles. The van der Waals surface area contributed by atoms with Crippen molar-refractivity contribution < 1.29 is 18.7 Å².